The Balaban J connectivity index is 1.54. The molecule has 5 rings (SSSR count). The second kappa shape index (κ2) is 14.6. The van der Waals surface area contributed by atoms with Crippen LogP contribution in [0, 0.1) is 6.92 Å². The molecule has 2 heterocycles. The molecule has 0 aliphatic carbocycles. The van der Waals surface area contributed by atoms with Crippen molar-refractivity contribution >= 4 is 30.3 Å². The van der Waals surface area contributed by atoms with E-state index in [2.05, 4.69) is 50.0 Å². The van der Waals surface area contributed by atoms with Crippen LogP contribution in [0.2, 0.25) is 5.04 Å². The number of rotatable bonds is 13. The lowest BCUT2D eigenvalue weighted by Crippen LogP contribution is -2.67. The number of nitrogens with zero attached hydrogens (tertiary/aromatic N) is 1. The van der Waals surface area contributed by atoms with Gasteiger partial charge in [0.15, 0.2) is 5.72 Å². The molecule has 8 nitrogen and oxygen atoms in total. The van der Waals surface area contributed by atoms with Crippen LogP contribution in [-0.4, -0.2) is 55.8 Å². The third-order valence-corrected chi connectivity index (χ3v) is 13.8. The molecule has 0 bridgehead atoms. The van der Waals surface area contributed by atoms with Crippen molar-refractivity contribution in [2.24, 2.45) is 0 Å². The van der Waals surface area contributed by atoms with E-state index in [-0.39, 0.29) is 18.3 Å². The summed E-state index contributed by atoms with van der Waals surface area (Å²) in [5.41, 5.74) is -0.917. The minimum absolute atomic E-state index is 0.0454. The molecule has 1 aliphatic rings. The first-order valence-corrected chi connectivity index (χ1v) is 18.1. The van der Waals surface area contributed by atoms with Crippen molar-refractivity contribution in [1.82, 2.24) is 9.55 Å². The summed E-state index contributed by atoms with van der Waals surface area (Å²) in [6.07, 6.45) is 0.802. The van der Waals surface area contributed by atoms with E-state index in [1.807, 2.05) is 66.7 Å². The molecule has 3 atom stereocenters. The average Bonchev–Trinajstić information content (AvgIpc) is 3.41. The van der Waals surface area contributed by atoms with Crippen LogP contribution in [0.1, 0.15) is 38.3 Å². The van der Waals surface area contributed by atoms with Gasteiger partial charge in [0.2, 0.25) is 0 Å². The first-order chi connectivity index (χ1) is 22.1. The van der Waals surface area contributed by atoms with Crippen LogP contribution in [0.3, 0.4) is 0 Å². The van der Waals surface area contributed by atoms with Gasteiger partial charge in [-0.25, -0.2) is 4.79 Å². The Morgan fingerprint density at radius 1 is 0.957 bits per heavy atom. The molecule has 244 valence electrons. The van der Waals surface area contributed by atoms with E-state index < -0.39 is 37.5 Å². The molecule has 0 spiro atoms. The van der Waals surface area contributed by atoms with Crippen molar-refractivity contribution in [2.75, 3.05) is 25.7 Å². The van der Waals surface area contributed by atoms with Gasteiger partial charge in [-0.3, -0.25) is 14.3 Å². The van der Waals surface area contributed by atoms with Gasteiger partial charge < -0.3 is 18.6 Å². The molecule has 3 aromatic carbocycles. The van der Waals surface area contributed by atoms with Gasteiger partial charge in [0.1, 0.15) is 6.10 Å². The van der Waals surface area contributed by atoms with Gasteiger partial charge in [0.05, 0.1) is 32.5 Å². The van der Waals surface area contributed by atoms with Crippen LogP contribution in [0.4, 0.5) is 0 Å². The van der Waals surface area contributed by atoms with Crippen molar-refractivity contribution < 1.29 is 18.6 Å². The Labute approximate surface area is 276 Å². The highest BCUT2D eigenvalue weighted by atomic mass is 35.5. The van der Waals surface area contributed by atoms with Gasteiger partial charge in [-0.2, -0.15) is 0 Å². The zero-order chi connectivity index (χ0) is 32.8. The minimum atomic E-state index is -2.91. The number of hydrogen-bond acceptors (Lipinski definition) is 6. The Hall–Kier alpha value is -3.31. The lowest BCUT2D eigenvalue weighted by Gasteiger charge is -2.43. The molecule has 1 aromatic heterocycles. The van der Waals surface area contributed by atoms with Gasteiger partial charge in [-0.05, 0) is 27.9 Å². The monoisotopic (exact) mass is 662 g/mol. The van der Waals surface area contributed by atoms with Gasteiger partial charge in [-0.15, -0.1) is 11.6 Å². The third-order valence-electron chi connectivity index (χ3n) is 8.59. The Morgan fingerprint density at radius 2 is 1.54 bits per heavy atom. The summed E-state index contributed by atoms with van der Waals surface area (Å²) >= 11 is 6.09. The Kier molecular flexibility index (Phi) is 10.8. The fourth-order valence-corrected chi connectivity index (χ4v) is 11.1. The van der Waals surface area contributed by atoms with Crippen LogP contribution in [0.15, 0.2) is 107 Å². The zero-order valence-corrected chi connectivity index (χ0v) is 28.7. The number of nitrogens with one attached hydrogen (secondary N) is 1. The van der Waals surface area contributed by atoms with Crippen molar-refractivity contribution in [3.8, 4) is 0 Å². The number of ether oxygens (including phenoxy) is 3. The molecule has 1 saturated heterocycles. The summed E-state index contributed by atoms with van der Waals surface area (Å²) in [6.45, 7) is 9.20. The number of halogens is 1. The minimum Gasteiger partial charge on any atom is -0.405 e. The molecule has 0 unspecified atom stereocenters. The molecule has 4 aromatic rings. The quantitative estimate of drug-likeness (QED) is 0.165. The molecule has 1 fully saturated rings. The van der Waals surface area contributed by atoms with Gasteiger partial charge in [0, 0.05) is 24.1 Å². The van der Waals surface area contributed by atoms with Crippen LogP contribution >= 0.6 is 11.6 Å². The van der Waals surface area contributed by atoms with E-state index in [1.54, 1.807) is 6.92 Å². The number of aromatic amines is 1. The summed E-state index contributed by atoms with van der Waals surface area (Å²) in [5.74, 6) is 0.300. The summed E-state index contributed by atoms with van der Waals surface area (Å²) in [6, 6.07) is 30.6. The molecule has 0 radical (unpaired) electrons. The van der Waals surface area contributed by atoms with Crippen molar-refractivity contribution in [3.63, 3.8) is 0 Å². The smallest absolute Gasteiger partial charge is 0.330 e. The number of aryl methyl sites for hydroxylation is 1. The highest BCUT2D eigenvalue weighted by Gasteiger charge is 2.54. The fraction of sp³-hybridized carbons (Fsp3) is 0.389. The summed E-state index contributed by atoms with van der Waals surface area (Å²) < 4.78 is 28.1. The van der Waals surface area contributed by atoms with E-state index in [1.165, 1.54) is 10.8 Å². The first-order valence-electron chi connectivity index (χ1n) is 15.6. The summed E-state index contributed by atoms with van der Waals surface area (Å²) in [5, 5.41) is 2.05. The maximum atomic E-state index is 13.3. The second-order valence-corrected chi connectivity index (χ2v) is 17.5. The van der Waals surface area contributed by atoms with Crippen LogP contribution < -0.4 is 21.6 Å². The number of H-pyrrole nitrogens is 1. The zero-order valence-electron chi connectivity index (χ0n) is 26.9. The largest absolute Gasteiger partial charge is 0.405 e. The van der Waals surface area contributed by atoms with E-state index in [4.69, 9.17) is 30.2 Å². The lowest BCUT2D eigenvalue weighted by molar-refractivity contribution is -0.157. The highest BCUT2D eigenvalue weighted by Crippen LogP contribution is 2.40. The van der Waals surface area contributed by atoms with Crippen LogP contribution in [0.5, 0.6) is 0 Å². The van der Waals surface area contributed by atoms with Gasteiger partial charge in [-0.1, -0.05) is 112 Å². The number of hydrogen-bond donors (Lipinski definition) is 1. The molecule has 0 saturated carbocycles. The predicted octanol–water partition coefficient (Wildman–Crippen LogP) is 4.70. The highest BCUT2D eigenvalue weighted by molar-refractivity contribution is 6.99. The van der Waals surface area contributed by atoms with Gasteiger partial charge in [0.25, 0.3) is 13.9 Å². The lowest BCUT2D eigenvalue weighted by atomic mass is 10.1. The third kappa shape index (κ3) is 7.15. The van der Waals surface area contributed by atoms with Crippen molar-refractivity contribution in [3.05, 3.63) is 129 Å². The van der Waals surface area contributed by atoms with Crippen LogP contribution in [-0.2, 0) is 31.0 Å². The predicted molar refractivity (Wildman–Crippen MR) is 184 cm³/mol. The molecular formula is C36H43ClN2O6Si. The molecular weight excluding hydrogens is 620 g/mol. The van der Waals surface area contributed by atoms with E-state index in [9.17, 15) is 9.59 Å². The molecule has 0 amide bonds. The molecule has 1 aliphatic heterocycles. The SMILES string of the molecule is Cc1cn([C@@]2(COCc3ccccc3)C[C@H](OCCCl)[C@@H](CO[Si](c3ccccc3)(c3ccccc3)C(C)(C)C)O2)c(=O)[nH]c1=O. The normalized spacial score (nSPS) is 20.2. The van der Waals surface area contributed by atoms with E-state index in [0.717, 1.165) is 15.9 Å². The topological polar surface area (TPSA) is 91.8 Å². The van der Waals surface area contributed by atoms with Gasteiger partial charge >= 0.3 is 5.69 Å². The van der Waals surface area contributed by atoms with Crippen molar-refractivity contribution in [2.45, 2.75) is 63.7 Å². The van der Waals surface area contributed by atoms with Crippen molar-refractivity contribution in [1.29, 1.82) is 0 Å². The Morgan fingerprint density at radius 3 is 2.11 bits per heavy atom. The van der Waals surface area contributed by atoms with E-state index in [0.29, 0.717) is 31.1 Å². The molecule has 46 heavy (non-hydrogen) atoms. The number of aromatic nitrogens is 2. The second-order valence-electron chi connectivity index (χ2n) is 12.8. The first kappa shape index (κ1) is 34.0. The Bertz CT molecular complexity index is 1640. The average molecular weight is 663 g/mol. The maximum Gasteiger partial charge on any atom is 0.330 e. The summed E-state index contributed by atoms with van der Waals surface area (Å²) in [4.78, 5) is 28.1. The van der Waals surface area contributed by atoms with E-state index >= 15 is 0 Å². The molecule has 10 heteroatoms. The maximum absolute atomic E-state index is 13.3. The van der Waals surface area contributed by atoms with Crippen LogP contribution in [0.25, 0.3) is 0 Å². The number of benzene rings is 3. The molecule has 1 N–H and O–H groups in total. The standard InChI is InChI=1S/C36H43ClN2O6Si/c1-27-23-39(34(41)38-33(27)40)36(26-42-24-28-14-8-5-9-15-28)22-31(43-21-20-37)32(45-36)25-44-46(35(2,3)4,29-16-10-6-11-17-29)30-18-12-7-13-19-30/h5-19,23,31-32H,20-22,24-26H2,1-4H3,(H,38,40,41)/t31-,32+,36-/m0/s1. The number of alkyl halides is 1. The fourth-order valence-electron chi connectivity index (χ4n) is 6.41. The summed E-state index contributed by atoms with van der Waals surface area (Å²) in [7, 11) is -2.91.